The van der Waals surface area contributed by atoms with Crippen LogP contribution in [0.4, 0.5) is 10.1 Å². The van der Waals surface area contributed by atoms with E-state index in [1.165, 1.54) is 24.1 Å². The number of hydrogen-bond acceptors (Lipinski definition) is 4. The van der Waals surface area contributed by atoms with Gasteiger partial charge in [-0.3, -0.25) is 0 Å². The summed E-state index contributed by atoms with van der Waals surface area (Å²) in [5, 5.41) is 17.9. The highest BCUT2D eigenvalue weighted by molar-refractivity contribution is 5.79. The third kappa shape index (κ3) is 2.51. The van der Waals surface area contributed by atoms with Gasteiger partial charge in [-0.1, -0.05) is 0 Å². The molecule has 0 spiro atoms. The number of halogens is 1. The van der Waals surface area contributed by atoms with Crippen molar-refractivity contribution in [1.82, 2.24) is 0 Å². The van der Waals surface area contributed by atoms with Crippen molar-refractivity contribution in [2.75, 3.05) is 18.6 Å². The fourth-order valence-corrected chi connectivity index (χ4v) is 2.28. The molecular formula is C13H13FN2O3. The molecule has 1 N–H and O–H groups in total. The van der Waals surface area contributed by atoms with Gasteiger partial charge in [-0.15, -0.1) is 0 Å². The molecule has 0 saturated carbocycles. The first-order valence-electron chi connectivity index (χ1n) is 5.78. The molecule has 2 rings (SSSR count). The van der Waals surface area contributed by atoms with E-state index in [1.54, 1.807) is 0 Å². The predicted octanol–water partition coefficient (Wildman–Crippen LogP) is 1.38. The van der Waals surface area contributed by atoms with E-state index in [1.807, 2.05) is 6.07 Å². The molecule has 0 amide bonds. The number of carboxylic acids is 1. The largest absolute Gasteiger partial charge is 0.480 e. The maximum absolute atomic E-state index is 13.9. The van der Waals surface area contributed by atoms with Crippen molar-refractivity contribution >= 4 is 11.7 Å². The summed E-state index contributed by atoms with van der Waals surface area (Å²) in [5.41, 5.74) is 0.390. The zero-order valence-corrected chi connectivity index (χ0v) is 10.3. The van der Waals surface area contributed by atoms with Crippen LogP contribution in [0.3, 0.4) is 0 Å². The van der Waals surface area contributed by atoms with Gasteiger partial charge in [-0.2, -0.15) is 5.26 Å². The van der Waals surface area contributed by atoms with Crippen LogP contribution >= 0.6 is 0 Å². The second kappa shape index (κ2) is 5.24. The molecule has 0 aromatic heterocycles. The minimum absolute atomic E-state index is 0.186. The van der Waals surface area contributed by atoms with E-state index < -0.39 is 17.8 Å². The van der Waals surface area contributed by atoms with Gasteiger partial charge in [0.25, 0.3) is 0 Å². The Bertz CT molecular complexity index is 541. The van der Waals surface area contributed by atoms with Crippen molar-refractivity contribution in [2.45, 2.75) is 18.6 Å². The molecule has 0 aliphatic carbocycles. The molecule has 100 valence electrons. The Morgan fingerprint density at radius 3 is 2.89 bits per heavy atom. The first-order valence-corrected chi connectivity index (χ1v) is 5.78. The van der Waals surface area contributed by atoms with Gasteiger partial charge >= 0.3 is 5.97 Å². The zero-order chi connectivity index (χ0) is 14.0. The minimum atomic E-state index is -1.01. The predicted molar refractivity (Wildman–Crippen MR) is 65.3 cm³/mol. The maximum Gasteiger partial charge on any atom is 0.326 e. The summed E-state index contributed by atoms with van der Waals surface area (Å²) in [7, 11) is 1.50. The Morgan fingerprint density at radius 2 is 2.37 bits per heavy atom. The van der Waals surface area contributed by atoms with Gasteiger partial charge in [0.05, 0.1) is 23.4 Å². The van der Waals surface area contributed by atoms with Crippen LogP contribution in [0.25, 0.3) is 0 Å². The minimum Gasteiger partial charge on any atom is -0.480 e. The Labute approximate surface area is 109 Å². The molecule has 1 aromatic rings. The number of carbonyl (C=O) groups is 1. The number of rotatable bonds is 3. The summed E-state index contributed by atoms with van der Waals surface area (Å²) in [6, 6.07) is 5.04. The Balaban J connectivity index is 2.34. The lowest BCUT2D eigenvalue weighted by atomic mass is 10.1. The quantitative estimate of drug-likeness (QED) is 0.892. The van der Waals surface area contributed by atoms with Crippen molar-refractivity contribution in [3.05, 3.63) is 29.6 Å². The summed E-state index contributed by atoms with van der Waals surface area (Å²) in [5.74, 6) is -1.61. The Morgan fingerprint density at radius 1 is 1.63 bits per heavy atom. The van der Waals surface area contributed by atoms with Crippen molar-refractivity contribution in [3.8, 4) is 6.07 Å². The smallest absolute Gasteiger partial charge is 0.326 e. The number of carboxylic acid groups (broad SMARTS) is 1. The normalized spacial score (nSPS) is 22.3. The zero-order valence-electron chi connectivity index (χ0n) is 10.3. The molecule has 19 heavy (non-hydrogen) atoms. The maximum atomic E-state index is 13.9. The molecule has 0 bridgehead atoms. The Kier molecular flexibility index (Phi) is 3.67. The van der Waals surface area contributed by atoms with Crippen LogP contribution in [0.2, 0.25) is 0 Å². The topological polar surface area (TPSA) is 73.6 Å². The lowest BCUT2D eigenvalue weighted by molar-refractivity contribution is -0.138. The van der Waals surface area contributed by atoms with Crippen molar-refractivity contribution in [1.29, 1.82) is 5.26 Å². The third-order valence-electron chi connectivity index (χ3n) is 3.27. The summed E-state index contributed by atoms with van der Waals surface area (Å²) in [6.07, 6.45) is 0.0711. The van der Waals surface area contributed by atoms with Crippen LogP contribution in [0.1, 0.15) is 12.0 Å². The van der Waals surface area contributed by atoms with Gasteiger partial charge in [0, 0.05) is 20.1 Å². The molecule has 1 aliphatic rings. The monoisotopic (exact) mass is 264 g/mol. The van der Waals surface area contributed by atoms with E-state index in [4.69, 9.17) is 10.00 Å². The van der Waals surface area contributed by atoms with Crippen LogP contribution in [0.15, 0.2) is 18.2 Å². The van der Waals surface area contributed by atoms with E-state index >= 15 is 0 Å². The van der Waals surface area contributed by atoms with E-state index in [-0.39, 0.29) is 17.4 Å². The molecular weight excluding hydrogens is 251 g/mol. The van der Waals surface area contributed by atoms with Gasteiger partial charge in [0.1, 0.15) is 11.9 Å². The lowest BCUT2D eigenvalue weighted by Gasteiger charge is -2.23. The second-order valence-electron chi connectivity index (χ2n) is 4.38. The first kappa shape index (κ1) is 13.3. The number of anilines is 1. The van der Waals surface area contributed by atoms with Crippen molar-refractivity contribution in [3.63, 3.8) is 0 Å². The Hall–Kier alpha value is -2.13. The van der Waals surface area contributed by atoms with Crippen LogP contribution in [0.5, 0.6) is 0 Å². The van der Waals surface area contributed by atoms with Crippen LogP contribution in [0, 0.1) is 17.1 Å². The number of benzene rings is 1. The third-order valence-corrected chi connectivity index (χ3v) is 3.27. The molecule has 6 heteroatoms. The summed E-state index contributed by atoms with van der Waals surface area (Å²) in [6.45, 7) is 0.316. The van der Waals surface area contributed by atoms with E-state index in [2.05, 4.69) is 0 Å². The average molecular weight is 264 g/mol. The standard InChI is InChI=1S/C13H13FN2O3/c1-19-9-5-12(13(17)18)16(7-9)11-3-2-8(6-15)4-10(11)14/h2-4,9,12H,5,7H2,1H3,(H,17,18). The molecule has 1 saturated heterocycles. The number of nitrogens with zero attached hydrogens (tertiary/aromatic N) is 2. The van der Waals surface area contributed by atoms with Gasteiger partial charge < -0.3 is 14.7 Å². The number of aliphatic carboxylic acids is 1. The van der Waals surface area contributed by atoms with Gasteiger partial charge in [0.2, 0.25) is 0 Å². The highest BCUT2D eigenvalue weighted by Gasteiger charge is 2.38. The van der Waals surface area contributed by atoms with Crippen LogP contribution in [-0.4, -0.2) is 36.9 Å². The average Bonchev–Trinajstić information content (AvgIpc) is 2.82. The lowest BCUT2D eigenvalue weighted by Crippen LogP contribution is -2.36. The first-order chi connectivity index (χ1) is 9.06. The number of ether oxygens (including phenoxy) is 1. The molecule has 2 unspecified atom stereocenters. The second-order valence-corrected chi connectivity index (χ2v) is 4.38. The fourth-order valence-electron chi connectivity index (χ4n) is 2.28. The van der Waals surface area contributed by atoms with Gasteiger partial charge in [-0.05, 0) is 18.2 Å². The van der Waals surface area contributed by atoms with E-state index in [0.29, 0.717) is 13.0 Å². The van der Waals surface area contributed by atoms with Gasteiger partial charge in [0.15, 0.2) is 0 Å². The van der Waals surface area contributed by atoms with Crippen LogP contribution < -0.4 is 4.90 Å². The summed E-state index contributed by atoms with van der Waals surface area (Å²) < 4.78 is 19.1. The summed E-state index contributed by atoms with van der Waals surface area (Å²) in [4.78, 5) is 12.7. The van der Waals surface area contributed by atoms with Crippen molar-refractivity contribution in [2.24, 2.45) is 0 Å². The van der Waals surface area contributed by atoms with Gasteiger partial charge in [-0.25, -0.2) is 9.18 Å². The van der Waals surface area contributed by atoms with E-state index in [9.17, 15) is 14.3 Å². The molecule has 1 aliphatic heterocycles. The molecule has 5 nitrogen and oxygen atoms in total. The fraction of sp³-hybridized carbons (Fsp3) is 0.385. The van der Waals surface area contributed by atoms with Crippen molar-refractivity contribution < 1.29 is 19.0 Å². The van der Waals surface area contributed by atoms with Crippen LogP contribution in [-0.2, 0) is 9.53 Å². The molecule has 2 atom stereocenters. The molecule has 1 aromatic carbocycles. The summed E-state index contributed by atoms with van der Waals surface area (Å²) >= 11 is 0. The highest BCUT2D eigenvalue weighted by atomic mass is 19.1. The highest BCUT2D eigenvalue weighted by Crippen LogP contribution is 2.29. The SMILES string of the molecule is COC1CC(C(=O)O)N(c2ccc(C#N)cc2F)C1. The molecule has 1 fully saturated rings. The number of methoxy groups -OCH3 is 1. The number of nitriles is 1. The molecule has 1 heterocycles. The molecule has 0 radical (unpaired) electrons. The van der Waals surface area contributed by atoms with E-state index in [0.717, 1.165) is 6.07 Å². The number of hydrogen-bond donors (Lipinski definition) is 1.